The number of aromatic nitrogens is 3. The van der Waals surface area contributed by atoms with E-state index in [1.165, 1.54) is 5.56 Å². The average Bonchev–Trinajstić information content (AvgIpc) is 2.64. The summed E-state index contributed by atoms with van der Waals surface area (Å²) in [6.07, 6.45) is 6.01. The van der Waals surface area contributed by atoms with Crippen molar-refractivity contribution in [2.75, 3.05) is 0 Å². The molecule has 2 aromatic rings. The predicted octanol–water partition coefficient (Wildman–Crippen LogP) is 2.13. The molecule has 0 saturated heterocycles. The fourth-order valence-corrected chi connectivity index (χ4v) is 1.80. The first-order chi connectivity index (χ1) is 7.59. The SMILES string of the molecule is Cc1cc(C(C)C)ncc1-n1ccc[n+]1C. The summed E-state index contributed by atoms with van der Waals surface area (Å²) in [6, 6.07) is 4.19. The van der Waals surface area contributed by atoms with Gasteiger partial charge >= 0.3 is 0 Å². The third-order valence-corrected chi connectivity index (χ3v) is 2.81. The van der Waals surface area contributed by atoms with Crippen LogP contribution in [0.15, 0.2) is 30.7 Å². The van der Waals surface area contributed by atoms with Crippen LogP contribution in [0.2, 0.25) is 0 Å². The number of aryl methyl sites for hydroxylation is 2. The second-order valence-corrected chi connectivity index (χ2v) is 4.46. The molecule has 0 spiro atoms. The van der Waals surface area contributed by atoms with E-state index in [1.54, 1.807) is 0 Å². The standard InChI is InChI=1S/C13H18N3/c1-10(2)12-8-11(3)13(9-14-12)16-7-5-6-15(16)4/h5-10H,1-4H3/q+1. The summed E-state index contributed by atoms with van der Waals surface area (Å²) in [4.78, 5) is 4.50. The van der Waals surface area contributed by atoms with Gasteiger partial charge in [0.05, 0.1) is 12.4 Å². The molecule has 2 rings (SSSR count). The van der Waals surface area contributed by atoms with Gasteiger partial charge in [-0.1, -0.05) is 13.8 Å². The molecule has 0 aliphatic carbocycles. The van der Waals surface area contributed by atoms with Crippen LogP contribution in [0.5, 0.6) is 0 Å². The highest BCUT2D eigenvalue weighted by molar-refractivity contribution is 5.37. The maximum atomic E-state index is 4.50. The van der Waals surface area contributed by atoms with Gasteiger partial charge in [0.15, 0.2) is 13.2 Å². The third-order valence-electron chi connectivity index (χ3n) is 2.81. The summed E-state index contributed by atoms with van der Waals surface area (Å²) >= 11 is 0. The van der Waals surface area contributed by atoms with Gasteiger partial charge in [-0.25, -0.2) is 0 Å². The molecule has 0 unspecified atom stereocenters. The van der Waals surface area contributed by atoms with Gasteiger partial charge in [0.1, 0.15) is 5.69 Å². The van der Waals surface area contributed by atoms with Crippen molar-refractivity contribution in [2.24, 2.45) is 7.05 Å². The highest BCUT2D eigenvalue weighted by Gasteiger charge is 2.10. The molecule has 0 amide bonds. The van der Waals surface area contributed by atoms with Crippen molar-refractivity contribution in [3.8, 4) is 5.69 Å². The summed E-state index contributed by atoms with van der Waals surface area (Å²) in [7, 11) is 2.02. The van der Waals surface area contributed by atoms with E-state index in [9.17, 15) is 0 Å². The first-order valence-electron chi connectivity index (χ1n) is 5.60. The lowest BCUT2D eigenvalue weighted by Gasteiger charge is -2.08. The van der Waals surface area contributed by atoms with Crippen LogP contribution >= 0.6 is 0 Å². The minimum absolute atomic E-state index is 0.478. The van der Waals surface area contributed by atoms with Crippen molar-refractivity contribution in [1.29, 1.82) is 0 Å². The van der Waals surface area contributed by atoms with Crippen molar-refractivity contribution in [3.63, 3.8) is 0 Å². The van der Waals surface area contributed by atoms with Crippen LogP contribution in [-0.2, 0) is 7.05 Å². The molecule has 0 aliphatic rings. The predicted molar refractivity (Wildman–Crippen MR) is 63.6 cm³/mol. The molecule has 0 atom stereocenters. The number of rotatable bonds is 2. The van der Waals surface area contributed by atoms with E-state index in [0.717, 1.165) is 11.4 Å². The summed E-state index contributed by atoms with van der Waals surface area (Å²) in [6.45, 7) is 6.46. The summed E-state index contributed by atoms with van der Waals surface area (Å²) < 4.78 is 4.13. The van der Waals surface area contributed by atoms with Crippen LogP contribution in [0.1, 0.15) is 31.0 Å². The molecular formula is C13H18N3+. The lowest BCUT2D eigenvalue weighted by atomic mass is 10.1. The lowest BCUT2D eigenvalue weighted by molar-refractivity contribution is -0.744. The van der Waals surface area contributed by atoms with E-state index in [0.29, 0.717) is 5.92 Å². The molecule has 3 nitrogen and oxygen atoms in total. The molecule has 2 heterocycles. The second-order valence-electron chi connectivity index (χ2n) is 4.46. The molecule has 16 heavy (non-hydrogen) atoms. The van der Waals surface area contributed by atoms with Crippen LogP contribution in [0, 0.1) is 6.92 Å². The number of hydrogen-bond acceptors (Lipinski definition) is 1. The molecule has 84 valence electrons. The van der Waals surface area contributed by atoms with Crippen LogP contribution in [0.3, 0.4) is 0 Å². The van der Waals surface area contributed by atoms with Crippen LogP contribution in [-0.4, -0.2) is 9.67 Å². The van der Waals surface area contributed by atoms with Crippen molar-refractivity contribution < 1.29 is 4.68 Å². The Labute approximate surface area is 96.4 Å². The molecule has 0 saturated carbocycles. The Morgan fingerprint density at radius 1 is 1.38 bits per heavy atom. The van der Waals surface area contributed by atoms with E-state index in [-0.39, 0.29) is 0 Å². The zero-order valence-electron chi connectivity index (χ0n) is 10.3. The van der Waals surface area contributed by atoms with E-state index >= 15 is 0 Å². The highest BCUT2D eigenvalue weighted by Crippen LogP contribution is 2.17. The maximum Gasteiger partial charge on any atom is 0.195 e. The van der Waals surface area contributed by atoms with E-state index in [2.05, 4.69) is 36.5 Å². The van der Waals surface area contributed by atoms with E-state index in [4.69, 9.17) is 0 Å². The summed E-state index contributed by atoms with van der Waals surface area (Å²) in [5.74, 6) is 0.478. The molecular weight excluding hydrogens is 198 g/mol. The van der Waals surface area contributed by atoms with Gasteiger partial charge in [-0.3, -0.25) is 4.98 Å². The van der Waals surface area contributed by atoms with Crippen LogP contribution in [0.4, 0.5) is 0 Å². The molecule has 0 fully saturated rings. The normalized spacial score (nSPS) is 11.1. The van der Waals surface area contributed by atoms with Crippen molar-refractivity contribution in [2.45, 2.75) is 26.7 Å². The fraction of sp³-hybridized carbons (Fsp3) is 0.385. The van der Waals surface area contributed by atoms with Crippen LogP contribution in [0.25, 0.3) is 5.69 Å². The Bertz CT molecular complexity index is 498. The van der Waals surface area contributed by atoms with E-state index < -0.39 is 0 Å². The lowest BCUT2D eigenvalue weighted by Crippen LogP contribution is -2.37. The monoisotopic (exact) mass is 216 g/mol. The highest BCUT2D eigenvalue weighted by atomic mass is 15.4. The summed E-state index contributed by atoms with van der Waals surface area (Å²) in [5, 5.41) is 0. The van der Waals surface area contributed by atoms with Gasteiger partial charge in [-0.2, -0.15) is 0 Å². The largest absolute Gasteiger partial charge is 0.259 e. The Morgan fingerprint density at radius 2 is 2.12 bits per heavy atom. The molecule has 0 aromatic carbocycles. The molecule has 0 aliphatic heterocycles. The van der Waals surface area contributed by atoms with Gasteiger partial charge in [0, 0.05) is 11.8 Å². The zero-order valence-corrected chi connectivity index (χ0v) is 10.3. The minimum Gasteiger partial charge on any atom is -0.259 e. The molecule has 0 radical (unpaired) electrons. The fourth-order valence-electron chi connectivity index (χ4n) is 1.80. The van der Waals surface area contributed by atoms with Crippen molar-refractivity contribution in [1.82, 2.24) is 9.67 Å². The van der Waals surface area contributed by atoms with Crippen molar-refractivity contribution >= 4 is 0 Å². The van der Waals surface area contributed by atoms with Gasteiger partial charge < -0.3 is 0 Å². The van der Waals surface area contributed by atoms with Crippen molar-refractivity contribution in [3.05, 3.63) is 42.0 Å². The maximum absolute atomic E-state index is 4.50. The first kappa shape index (κ1) is 10.9. The Balaban J connectivity index is 2.48. The van der Waals surface area contributed by atoms with Crippen LogP contribution < -0.4 is 4.68 Å². The zero-order chi connectivity index (χ0) is 11.7. The minimum atomic E-state index is 0.478. The molecule has 0 bridgehead atoms. The second kappa shape index (κ2) is 4.08. The average molecular weight is 216 g/mol. The molecule has 3 heteroatoms. The Kier molecular flexibility index (Phi) is 2.77. The summed E-state index contributed by atoms with van der Waals surface area (Å²) in [5.41, 5.74) is 3.54. The number of pyridine rings is 1. The quantitative estimate of drug-likeness (QED) is 0.705. The van der Waals surface area contributed by atoms with Gasteiger partial charge in [-0.05, 0) is 24.5 Å². The van der Waals surface area contributed by atoms with Gasteiger partial charge in [0.2, 0.25) is 0 Å². The van der Waals surface area contributed by atoms with Gasteiger partial charge in [-0.15, -0.1) is 9.36 Å². The third kappa shape index (κ3) is 1.85. The Hall–Kier alpha value is -1.64. The Morgan fingerprint density at radius 3 is 2.62 bits per heavy atom. The topological polar surface area (TPSA) is 21.7 Å². The molecule has 0 N–H and O–H groups in total. The van der Waals surface area contributed by atoms with Gasteiger partial charge in [0.25, 0.3) is 0 Å². The first-order valence-corrected chi connectivity index (χ1v) is 5.60. The smallest absolute Gasteiger partial charge is 0.195 e. The number of hydrogen-bond donors (Lipinski definition) is 0. The van der Waals surface area contributed by atoms with E-state index in [1.807, 2.05) is 36.4 Å². The molecule has 2 aromatic heterocycles. The number of nitrogens with zero attached hydrogens (tertiary/aromatic N) is 3.